The first-order valence-corrected chi connectivity index (χ1v) is 10.4. The Morgan fingerprint density at radius 3 is 2.96 bits per heavy atom. The van der Waals surface area contributed by atoms with Crippen LogP contribution in [0, 0.1) is 5.41 Å². The van der Waals surface area contributed by atoms with E-state index in [0.29, 0.717) is 15.8 Å². The van der Waals surface area contributed by atoms with Crippen molar-refractivity contribution < 1.29 is 9.90 Å². The SMILES string of the molecule is CC(C(=O)O)(c1ccccc1Cl)N1CCC2SC=C[C@@]2(CI)C1. The largest absolute Gasteiger partial charge is 0.480 e. The van der Waals surface area contributed by atoms with Crippen molar-refractivity contribution >= 4 is 51.9 Å². The molecule has 2 unspecified atom stereocenters. The minimum atomic E-state index is -1.11. The number of nitrogens with zero attached hydrogens (tertiary/aromatic N) is 1. The highest BCUT2D eigenvalue weighted by molar-refractivity contribution is 14.1. The summed E-state index contributed by atoms with van der Waals surface area (Å²) in [5.74, 6) is -0.845. The average Bonchev–Trinajstić information content (AvgIpc) is 2.98. The van der Waals surface area contributed by atoms with E-state index < -0.39 is 11.5 Å². The van der Waals surface area contributed by atoms with Gasteiger partial charge in [0.25, 0.3) is 0 Å². The fraction of sp³-hybridized carbons (Fsp3) is 0.471. The molecule has 1 N–H and O–H groups in total. The zero-order chi connectivity index (χ0) is 16.7. The van der Waals surface area contributed by atoms with Crippen molar-refractivity contribution in [1.29, 1.82) is 0 Å². The molecular formula is C17H19ClINO2S. The predicted molar refractivity (Wildman–Crippen MR) is 104 cm³/mol. The maximum absolute atomic E-state index is 12.2. The molecule has 124 valence electrons. The Bertz CT molecular complexity index is 655. The van der Waals surface area contributed by atoms with Crippen LogP contribution in [-0.4, -0.2) is 38.7 Å². The molecule has 3 nitrogen and oxygen atoms in total. The van der Waals surface area contributed by atoms with Crippen molar-refractivity contribution in [3.63, 3.8) is 0 Å². The normalized spacial score (nSPS) is 30.0. The number of benzene rings is 1. The van der Waals surface area contributed by atoms with E-state index in [0.717, 1.165) is 23.9 Å². The molecule has 0 saturated carbocycles. The van der Waals surface area contributed by atoms with E-state index in [4.69, 9.17) is 11.6 Å². The average molecular weight is 464 g/mol. The molecule has 0 bridgehead atoms. The zero-order valence-corrected chi connectivity index (χ0v) is 16.6. The number of carboxylic acids is 1. The zero-order valence-electron chi connectivity index (χ0n) is 12.8. The molecule has 1 fully saturated rings. The number of piperidine rings is 1. The number of aliphatic carboxylic acids is 1. The summed E-state index contributed by atoms with van der Waals surface area (Å²) in [7, 11) is 0. The van der Waals surface area contributed by atoms with Crippen LogP contribution in [-0.2, 0) is 10.3 Å². The lowest BCUT2D eigenvalue weighted by Gasteiger charge is -2.49. The van der Waals surface area contributed by atoms with Gasteiger partial charge in [-0.25, -0.2) is 4.79 Å². The second-order valence-electron chi connectivity index (χ2n) is 6.36. The third-order valence-corrected chi connectivity index (χ3v) is 8.20. The fourth-order valence-corrected chi connectivity index (χ4v) is 6.50. The predicted octanol–water partition coefficient (Wildman–Crippen LogP) is 4.40. The van der Waals surface area contributed by atoms with E-state index in [1.54, 1.807) is 13.0 Å². The van der Waals surface area contributed by atoms with Crippen LogP contribution in [0.4, 0.5) is 0 Å². The molecule has 1 aromatic carbocycles. The third kappa shape index (κ3) is 2.83. The molecule has 0 amide bonds. The number of carbonyl (C=O) groups is 1. The molecule has 3 atom stereocenters. The smallest absolute Gasteiger partial charge is 0.328 e. The summed E-state index contributed by atoms with van der Waals surface area (Å²) in [6, 6.07) is 7.29. The number of hydrogen-bond acceptors (Lipinski definition) is 3. The molecule has 2 aliphatic heterocycles. The van der Waals surface area contributed by atoms with Gasteiger partial charge < -0.3 is 5.11 Å². The van der Waals surface area contributed by atoms with Crippen molar-refractivity contribution in [3.8, 4) is 0 Å². The number of thioether (sulfide) groups is 1. The summed E-state index contributed by atoms with van der Waals surface area (Å²) < 4.78 is 0.994. The van der Waals surface area contributed by atoms with Crippen LogP contribution in [0.25, 0.3) is 0 Å². The summed E-state index contributed by atoms with van der Waals surface area (Å²) in [5, 5.41) is 13.3. The molecular weight excluding hydrogens is 445 g/mol. The Balaban J connectivity index is 2.01. The maximum Gasteiger partial charge on any atom is 0.328 e. The summed E-state index contributed by atoms with van der Waals surface area (Å²) in [5.41, 5.74) is -0.379. The molecule has 3 rings (SSSR count). The van der Waals surface area contributed by atoms with Crippen molar-refractivity contribution in [2.45, 2.75) is 24.1 Å². The van der Waals surface area contributed by atoms with Crippen LogP contribution < -0.4 is 0 Å². The van der Waals surface area contributed by atoms with Gasteiger partial charge in [-0.3, -0.25) is 4.90 Å². The van der Waals surface area contributed by atoms with Gasteiger partial charge in [0.2, 0.25) is 0 Å². The highest BCUT2D eigenvalue weighted by atomic mass is 127. The molecule has 0 spiro atoms. The quantitative estimate of drug-likeness (QED) is 0.531. The van der Waals surface area contributed by atoms with Crippen LogP contribution >= 0.6 is 46.0 Å². The summed E-state index contributed by atoms with van der Waals surface area (Å²) >= 11 is 10.7. The van der Waals surface area contributed by atoms with Gasteiger partial charge in [-0.2, -0.15) is 0 Å². The Labute approximate surface area is 159 Å². The molecule has 0 aliphatic carbocycles. The highest BCUT2D eigenvalue weighted by Crippen LogP contribution is 2.49. The van der Waals surface area contributed by atoms with Crippen LogP contribution in [0.1, 0.15) is 18.9 Å². The van der Waals surface area contributed by atoms with E-state index in [1.165, 1.54) is 0 Å². The molecule has 0 aromatic heterocycles. The number of carboxylic acid groups (broad SMARTS) is 1. The van der Waals surface area contributed by atoms with Gasteiger partial charge in [0.1, 0.15) is 5.54 Å². The molecule has 2 heterocycles. The van der Waals surface area contributed by atoms with E-state index in [1.807, 2.05) is 30.0 Å². The highest BCUT2D eigenvalue weighted by Gasteiger charge is 2.51. The summed E-state index contributed by atoms with van der Waals surface area (Å²) in [6.07, 6.45) is 3.27. The Hall–Kier alpha value is -0.240. The standard InChI is InChI=1S/C17H19ClINO2S/c1-16(15(21)22,12-4-2-3-5-13(12)18)20-8-6-14-17(10-19,11-20)7-9-23-14/h2-5,7,9,14H,6,8,10-11H2,1H3,(H,21,22)/t14?,16?,17-/m1/s1. The number of halogens is 2. The second-order valence-corrected chi connectivity index (χ2v) is 8.65. The lowest BCUT2D eigenvalue weighted by molar-refractivity contribution is -0.153. The van der Waals surface area contributed by atoms with Crippen LogP contribution in [0.2, 0.25) is 5.02 Å². The van der Waals surface area contributed by atoms with E-state index >= 15 is 0 Å². The van der Waals surface area contributed by atoms with E-state index in [9.17, 15) is 9.90 Å². The molecule has 1 saturated heterocycles. The van der Waals surface area contributed by atoms with Gasteiger partial charge in [-0.15, -0.1) is 11.8 Å². The van der Waals surface area contributed by atoms with Gasteiger partial charge in [0.15, 0.2) is 0 Å². The van der Waals surface area contributed by atoms with Gasteiger partial charge >= 0.3 is 5.97 Å². The second kappa shape index (κ2) is 6.58. The minimum Gasteiger partial charge on any atom is -0.480 e. The Morgan fingerprint density at radius 1 is 1.57 bits per heavy atom. The first-order chi connectivity index (χ1) is 10.9. The van der Waals surface area contributed by atoms with E-state index in [2.05, 4.69) is 39.0 Å². The van der Waals surface area contributed by atoms with E-state index in [-0.39, 0.29) is 5.41 Å². The number of rotatable bonds is 4. The van der Waals surface area contributed by atoms with Crippen LogP contribution in [0.3, 0.4) is 0 Å². The van der Waals surface area contributed by atoms with Gasteiger partial charge in [-0.05, 0) is 24.8 Å². The Kier molecular flexibility index (Phi) is 5.03. The molecule has 0 radical (unpaired) electrons. The van der Waals surface area contributed by atoms with Crippen molar-refractivity contribution in [1.82, 2.24) is 4.90 Å². The van der Waals surface area contributed by atoms with Crippen LogP contribution in [0.5, 0.6) is 0 Å². The van der Waals surface area contributed by atoms with Gasteiger partial charge in [0.05, 0.1) is 0 Å². The maximum atomic E-state index is 12.2. The fourth-order valence-electron chi connectivity index (χ4n) is 3.56. The first kappa shape index (κ1) is 17.6. The van der Waals surface area contributed by atoms with Crippen molar-refractivity contribution in [2.24, 2.45) is 5.41 Å². The first-order valence-electron chi connectivity index (χ1n) is 7.56. The van der Waals surface area contributed by atoms with Gasteiger partial charge in [-0.1, -0.05) is 58.5 Å². The number of hydrogen-bond donors (Lipinski definition) is 1. The van der Waals surface area contributed by atoms with Crippen LogP contribution in [0.15, 0.2) is 35.7 Å². The monoisotopic (exact) mass is 463 g/mol. The number of likely N-dealkylation sites (tertiary alicyclic amines) is 1. The third-order valence-electron chi connectivity index (χ3n) is 5.13. The lowest BCUT2D eigenvalue weighted by atomic mass is 9.78. The number of alkyl halides is 1. The molecule has 1 aromatic rings. The molecule has 2 aliphatic rings. The summed E-state index contributed by atoms with van der Waals surface area (Å²) in [6.45, 7) is 3.30. The van der Waals surface area contributed by atoms with Crippen molar-refractivity contribution in [3.05, 3.63) is 46.3 Å². The van der Waals surface area contributed by atoms with Crippen molar-refractivity contribution in [2.75, 3.05) is 17.5 Å². The Morgan fingerprint density at radius 2 is 2.30 bits per heavy atom. The summed E-state index contributed by atoms with van der Waals surface area (Å²) in [4.78, 5) is 14.3. The topological polar surface area (TPSA) is 40.5 Å². The molecule has 6 heteroatoms. The molecule has 23 heavy (non-hydrogen) atoms. The van der Waals surface area contributed by atoms with Gasteiger partial charge in [0, 0.05) is 38.8 Å². The number of fused-ring (bicyclic) bond motifs is 1. The minimum absolute atomic E-state index is 0.0570. The lowest BCUT2D eigenvalue weighted by Crippen LogP contribution is -2.59.